The first kappa shape index (κ1) is 21.5. The molecule has 0 fully saturated rings. The Kier molecular flexibility index (Phi) is 5.42. The Labute approximate surface area is 196 Å². The minimum atomic E-state index is -0.406. The first-order valence-corrected chi connectivity index (χ1v) is 10.6. The van der Waals surface area contributed by atoms with E-state index in [2.05, 4.69) is 25.5 Å². The average Bonchev–Trinajstić information content (AvgIpc) is 3.39. The second kappa shape index (κ2) is 8.56. The molecule has 9 nitrogen and oxygen atoms in total. The number of benzene rings is 2. The first-order chi connectivity index (χ1) is 16.4. The number of amides is 1. The van der Waals surface area contributed by atoms with E-state index in [9.17, 15) is 14.0 Å². The van der Waals surface area contributed by atoms with Crippen molar-refractivity contribution in [1.82, 2.24) is 29.5 Å². The fourth-order valence-electron chi connectivity index (χ4n) is 3.50. The van der Waals surface area contributed by atoms with E-state index in [4.69, 9.17) is 11.6 Å². The van der Waals surface area contributed by atoms with Gasteiger partial charge in [0.2, 0.25) is 11.9 Å². The lowest BCUT2D eigenvalue weighted by molar-refractivity contribution is -0.115. The highest BCUT2D eigenvalue weighted by Gasteiger charge is 2.17. The summed E-state index contributed by atoms with van der Waals surface area (Å²) in [5.74, 6) is -0.272. The Morgan fingerprint density at radius 2 is 1.85 bits per heavy atom. The van der Waals surface area contributed by atoms with Crippen LogP contribution in [0, 0.1) is 12.7 Å². The van der Waals surface area contributed by atoms with Crippen LogP contribution in [0.25, 0.3) is 22.7 Å². The molecule has 0 saturated heterocycles. The van der Waals surface area contributed by atoms with Crippen LogP contribution in [0.2, 0.25) is 5.02 Å². The maximum atomic E-state index is 13.1. The summed E-state index contributed by atoms with van der Waals surface area (Å²) < 4.78 is 16.0. The van der Waals surface area contributed by atoms with Crippen molar-refractivity contribution in [1.29, 1.82) is 0 Å². The van der Waals surface area contributed by atoms with Gasteiger partial charge in [0.05, 0.1) is 24.0 Å². The number of aryl methyl sites for hydroxylation is 1. The van der Waals surface area contributed by atoms with Gasteiger partial charge in [-0.1, -0.05) is 23.7 Å². The summed E-state index contributed by atoms with van der Waals surface area (Å²) in [7, 11) is 0. The van der Waals surface area contributed by atoms with Crippen LogP contribution in [0.1, 0.15) is 11.3 Å². The van der Waals surface area contributed by atoms with E-state index in [0.29, 0.717) is 38.8 Å². The zero-order valence-electron chi connectivity index (χ0n) is 17.8. The number of anilines is 1. The van der Waals surface area contributed by atoms with Gasteiger partial charge < -0.3 is 5.32 Å². The molecule has 3 aromatic heterocycles. The average molecular weight is 478 g/mol. The van der Waals surface area contributed by atoms with E-state index < -0.39 is 5.56 Å². The third-order valence-corrected chi connectivity index (χ3v) is 5.33. The molecule has 5 rings (SSSR count). The van der Waals surface area contributed by atoms with Crippen LogP contribution in [0.3, 0.4) is 0 Å². The van der Waals surface area contributed by atoms with Gasteiger partial charge in [-0.15, -0.1) is 0 Å². The molecule has 0 aliphatic carbocycles. The van der Waals surface area contributed by atoms with Crippen molar-refractivity contribution < 1.29 is 9.18 Å². The Morgan fingerprint density at radius 3 is 2.59 bits per heavy atom. The number of fused-ring (bicyclic) bond motifs is 1. The van der Waals surface area contributed by atoms with E-state index >= 15 is 0 Å². The minimum absolute atomic E-state index is 0.0385. The zero-order valence-corrected chi connectivity index (χ0v) is 18.5. The van der Waals surface area contributed by atoms with Gasteiger partial charge in [-0.2, -0.15) is 19.9 Å². The molecular weight excluding hydrogens is 461 g/mol. The number of nitrogens with one attached hydrogen (secondary N) is 2. The SMILES string of the molecule is Cc1cc(NC(=O)Cc2ccc(F)cc2)n(-c2nc3c(cnn3-c3ccc(Cl)cc3)c(=O)[nH]2)n1. The molecule has 1 amide bonds. The number of rotatable bonds is 5. The lowest BCUT2D eigenvalue weighted by atomic mass is 10.1. The van der Waals surface area contributed by atoms with Crippen LogP contribution in [-0.4, -0.2) is 35.4 Å². The summed E-state index contributed by atoms with van der Waals surface area (Å²) in [6.45, 7) is 1.75. The number of hydrogen-bond donors (Lipinski definition) is 2. The number of halogens is 2. The highest BCUT2D eigenvalue weighted by atomic mass is 35.5. The number of carbonyl (C=O) groups excluding carboxylic acids is 1. The molecule has 0 atom stereocenters. The molecule has 5 aromatic rings. The van der Waals surface area contributed by atoms with Crippen LogP contribution in [0.5, 0.6) is 0 Å². The zero-order chi connectivity index (χ0) is 23.8. The third kappa shape index (κ3) is 4.18. The molecule has 34 heavy (non-hydrogen) atoms. The number of nitrogens with zero attached hydrogens (tertiary/aromatic N) is 5. The van der Waals surface area contributed by atoms with Crippen molar-refractivity contribution in [2.24, 2.45) is 0 Å². The molecule has 0 spiro atoms. The van der Waals surface area contributed by atoms with Gasteiger partial charge in [0.25, 0.3) is 5.56 Å². The van der Waals surface area contributed by atoms with E-state index in [1.165, 1.54) is 27.7 Å². The van der Waals surface area contributed by atoms with Crippen molar-refractivity contribution >= 4 is 34.4 Å². The number of aromatic amines is 1. The van der Waals surface area contributed by atoms with Gasteiger partial charge in [-0.05, 0) is 48.9 Å². The number of aromatic nitrogens is 6. The van der Waals surface area contributed by atoms with Gasteiger partial charge in [-0.3, -0.25) is 14.6 Å². The van der Waals surface area contributed by atoms with Crippen molar-refractivity contribution in [3.8, 4) is 11.6 Å². The van der Waals surface area contributed by atoms with Crippen molar-refractivity contribution in [2.75, 3.05) is 5.32 Å². The summed E-state index contributed by atoms with van der Waals surface area (Å²) in [6.07, 6.45) is 1.47. The topological polar surface area (TPSA) is 110 Å². The van der Waals surface area contributed by atoms with Crippen LogP contribution in [0.4, 0.5) is 10.2 Å². The minimum Gasteiger partial charge on any atom is -0.310 e. The van der Waals surface area contributed by atoms with Gasteiger partial charge in [0.15, 0.2) is 5.65 Å². The lowest BCUT2D eigenvalue weighted by Gasteiger charge is -2.09. The van der Waals surface area contributed by atoms with Crippen LogP contribution >= 0.6 is 11.6 Å². The smallest absolute Gasteiger partial charge is 0.263 e. The van der Waals surface area contributed by atoms with Crippen LogP contribution < -0.4 is 10.9 Å². The molecule has 0 radical (unpaired) electrons. The molecular formula is C23H17ClFN7O2. The highest BCUT2D eigenvalue weighted by molar-refractivity contribution is 6.30. The molecule has 2 aromatic carbocycles. The van der Waals surface area contributed by atoms with E-state index in [1.54, 1.807) is 49.4 Å². The van der Waals surface area contributed by atoms with Crippen LogP contribution in [-0.2, 0) is 11.2 Å². The molecule has 11 heteroatoms. The Balaban J connectivity index is 1.51. The monoisotopic (exact) mass is 477 g/mol. The normalized spacial score (nSPS) is 11.1. The van der Waals surface area contributed by atoms with Gasteiger partial charge in [-0.25, -0.2) is 9.07 Å². The molecule has 0 saturated carbocycles. The summed E-state index contributed by atoms with van der Waals surface area (Å²) >= 11 is 5.98. The summed E-state index contributed by atoms with van der Waals surface area (Å²) in [4.78, 5) is 32.6. The van der Waals surface area contributed by atoms with Gasteiger partial charge >= 0.3 is 0 Å². The first-order valence-electron chi connectivity index (χ1n) is 10.2. The predicted molar refractivity (Wildman–Crippen MR) is 125 cm³/mol. The Bertz CT molecular complexity index is 1570. The largest absolute Gasteiger partial charge is 0.310 e. The van der Waals surface area contributed by atoms with Crippen LogP contribution in [0.15, 0.2) is 65.6 Å². The molecule has 0 unspecified atom stereocenters. The van der Waals surface area contributed by atoms with Crippen molar-refractivity contribution in [3.63, 3.8) is 0 Å². The highest BCUT2D eigenvalue weighted by Crippen LogP contribution is 2.19. The number of hydrogen-bond acceptors (Lipinski definition) is 5. The van der Waals surface area contributed by atoms with Gasteiger partial charge in [0.1, 0.15) is 17.0 Å². The maximum Gasteiger partial charge on any atom is 0.263 e. The second-order valence-corrected chi connectivity index (χ2v) is 8.03. The standard InChI is InChI=1S/C23H17ClFN7O2/c1-13-10-19(27-20(33)11-14-2-6-16(25)7-3-14)32(30-13)23-28-21-18(22(34)29-23)12-26-31(21)17-8-4-15(24)5-9-17/h2-10,12H,11H2,1H3,(H,27,33)(H,28,29,34). The van der Waals surface area contributed by atoms with Crippen molar-refractivity contribution in [3.05, 3.63) is 93.2 Å². The lowest BCUT2D eigenvalue weighted by Crippen LogP contribution is -2.20. The predicted octanol–water partition coefficient (Wildman–Crippen LogP) is 3.58. The fourth-order valence-corrected chi connectivity index (χ4v) is 3.63. The van der Waals surface area contributed by atoms with E-state index in [0.717, 1.165) is 0 Å². The number of H-pyrrole nitrogens is 1. The summed E-state index contributed by atoms with van der Waals surface area (Å²) in [5.41, 5.74) is 1.84. The molecule has 170 valence electrons. The molecule has 3 heterocycles. The van der Waals surface area contributed by atoms with E-state index in [-0.39, 0.29) is 24.1 Å². The quantitative estimate of drug-likeness (QED) is 0.402. The summed E-state index contributed by atoms with van der Waals surface area (Å²) in [5, 5.41) is 12.3. The molecule has 2 N–H and O–H groups in total. The molecule has 0 bridgehead atoms. The maximum absolute atomic E-state index is 13.1. The number of carbonyl (C=O) groups is 1. The third-order valence-electron chi connectivity index (χ3n) is 5.07. The van der Waals surface area contributed by atoms with E-state index in [1.807, 2.05) is 0 Å². The van der Waals surface area contributed by atoms with Crippen molar-refractivity contribution in [2.45, 2.75) is 13.3 Å². The molecule has 0 aliphatic rings. The summed E-state index contributed by atoms with van der Waals surface area (Å²) in [6, 6.07) is 14.3. The second-order valence-electron chi connectivity index (χ2n) is 7.59. The Hall–Kier alpha value is -4.31. The molecule has 0 aliphatic heterocycles. The fraction of sp³-hybridized carbons (Fsp3) is 0.0870. The van der Waals surface area contributed by atoms with Gasteiger partial charge in [0, 0.05) is 11.1 Å². The Morgan fingerprint density at radius 1 is 1.12 bits per heavy atom.